The van der Waals surface area contributed by atoms with Gasteiger partial charge in [0.25, 0.3) is 6.43 Å². The van der Waals surface area contributed by atoms with Gasteiger partial charge in [-0.15, -0.1) is 0 Å². The van der Waals surface area contributed by atoms with E-state index in [1.54, 1.807) is 60.4 Å². The smallest absolute Gasteiger partial charge is 0.337 e. The van der Waals surface area contributed by atoms with Crippen LogP contribution in [-0.2, 0) is 7.05 Å². The number of rotatable bonds is 6. The molecule has 180 valence electrons. The van der Waals surface area contributed by atoms with Gasteiger partial charge in [0.05, 0.1) is 34.2 Å². The maximum Gasteiger partial charge on any atom is 0.337 e. The molecule has 5 rings (SSSR count). The van der Waals surface area contributed by atoms with Crippen LogP contribution in [0.1, 0.15) is 33.6 Å². The Labute approximate surface area is 204 Å². The highest BCUT2D eigenvalue weighted by molar-refractivity contribution is 6.00. The summed E-state index contributed by atoms with van der Waals surface area (Å²) in [7, 11) is 1.78. The minimum atomic E-state index is -2.82. The number of nitrogens with zero attached hydrogens (tertiary/aromatic N) is 4. The summed E-state index contributed by atoms with van der Waals surface area (Å²) >= 11 is 0. The molecule has 36 heavy (non-hydrogen) atoms. The number of alkyl halides is 2. The lowest BCUT2D eigenvalue weighted by Crippen LogP contribution is -2.06. The molecule has 5 aromatic rings. The second-order valence-corrected chi connectivity index (χ2v) is 8.42. The highest BCUT2D eigenvalue weighted by atomic mass is 19.3. The Morgan fingerprint density at radius 3 is 2.58 bits per heavy atom. The molecule has 2 N–H and O–H groups in total. The van der Waals surface area contributed by atoms with Crippen molar-refractivity contribution in [1.82, 2.24) is 19.7 Å². The van der Waals surface area contributed by atoms with Crippen LogP contribution in [-0.4, -0.2) is 30.8 Å². The van der Waals surface area contributed by atoms with Crippen molar-refractivity contribution < 1.29 is 18.7 Å². The Kier molecular flexibility index (Phi) is 5.68. The first-order valence-electron chi connectivity index (χ1n) is 11.0. The van der Waals surface area contributed by atoms with E-state index in [1.165, 1.54) is 6.07 Å². The molecular formula is C27H21F2N5O2. The number of hydrogen-bond acceptors (Lipinski definition) is 5. The van der Waals surface area contributed by atoms with Crippen molar-refractivity contribution in [3.63, 3.8) is 0 Å². The summed E-state index contributed by atoms with van der Waals surface area (Å²) < 4.78 is 29.9. The van der Waals surface area contributed by atoms with E-state index in [0.29, 0.717) is 39.1 Å². The number of pyridine rings is 2. The first-order valence-corrected chi connectivity index (χ1v) is 11.0. The van der Waals surface area contributed by atoms with Gasteiger partial charge in [0, 0.05) is 29.3 Å². The normalized spacial score (nSPS) is 11.4. The zero-order chi connectivity index (χ0) is 25.6. The molecule has 0 aliphatic rings. The van der Waals surface area contributed by atoms with Crippen LogP contribution in [0.3, 0.4) is 0 Å². The van der Waals surface area contributed by atoms with Crippen LogP contribution in [0.25, 0.3) is 38.9 Å². The van der Waals surface area contributed by atoms with Gasteiger partial charge in [0.1, 0.15) is 11.2 Å². The molecular weight excluding hydrogens is 464 g/mol. The van der Waals surface area contributed by atoms with Gasteiger partial charge in [-0.05, 0) is 55.0 Å². The van der Waals surface area contributed by atoms with E-state index in [2.05, 4.69) is 27.0 Å². The summed E-state index contributed by atoms with van der Waals surface area (Å²) in [6.45, 7) is 5.94. The minimum absolute atomic E-state index is 0.0865. The van der Waals surface area contributed by atoms with E-state index in [9.17, 15) is 18.7 Å². The number of anilines is 1. The Morgan fingerprint density at radius 2 is 1.83 bits per heavy atom. The monoisotopic (exact) mass is 485 g/mol. The lowest BCUT2D eigenvalue weighted by Gasteiger charge is -2.17. The third kappa shape index (κ3) is 4.04. The van der Waals surface area contributed by atoms with E-state index in [0.717, 1.165) is 11.1 Å². The topological polar surface area (TPSA) is 92.9 Å². The fourth-order valence-electron chi connectivity index (χ4n) is 4.25. The summed E-state index contributed by atoms with van der Waals surface area (Å²) in [5.74, 6) is -1.08. The number of carboxylic acid groups (broad SMARTS) is 1. The van der Waals surface area contributed by atoms with E-state index in [1.807, 2.05) is 13.0 Å². The molecule has 2 aromatic carbocycles. The summed E-state index contributed by atoms with van der Waals surface area (Å²) in [4.78, 5) is 20.5. The van der Waals surface area contributed by atoms with Gasteiger partial charge >= 0.3 is 5.97 Å². The van der Waals surface area contributed by atoms with Crippen LogP contribution in [0.5, 0.6) is 0 Å². The van der Waals surface area contributed by atoms with Crippen molar-refractivity contribution in [3.8, 4) is 11.3 Å². The van der Waals surface area contributed by atoms with Gasteiger partial charge in [-0.2, -0.15) is 5.10 Å². The number of aromatic nitrogens is 4. The van der Waals surface area contributed by atoms with E-state index >= 15 is 0 Å². The summed E-state index contributed by atoms with van der Waals surface area (Å²) in [5.41, 5.74) is 4.18. The van der Waals surface area contributed by atoms with E-state index in [4.69, 9.17) is 0 Å². The third-order valence-corrected chi connectivity index (χ3v) is 5.96. The average Bonchev–Trinajstić information content (AvgIpc) is 3.22. The fraction of sp³-hybridized carbons (Fsp3) is 0.111. The number of aromatic carboxylic acids is 1. The van der Waals surface area contributed by atoms with Gasteiger partial charge < -0.3 is 10.4 Å². The van der Waals surface area contributed by atoms with Gasteiger partial charge in [-0.1, -0.05) is 18.7 Å². The van der Waals surface area contributed by atoms with E-state index < -0.39 is 12.4 Å². The Morgan fingerprint density at radius 1 is 1.06 bits per heavy atom. The molecule has 3 heterocycles. The Bertz CT molecular complexity index is 1680. The van der Waals surface area contributed by atoms with Crippen LogP contribution in [0, 0.1) is 6.92 Å². The first kappa shape index (κ1) is 23.1. The van der Waals surface area contributed by atoms with Crippen molar-refractivity contribution in [2.75, 3.05) is 5.32 Å². The molecule has 7 nitrogen and oxygen atoms in total. The predicted molar refractivity (Wildman–Crippen MR) is 135 cm³/mol. The average molecular weight is 485 g/mol. The Balaban J connectivity index is 1.68. The number of carboxylic acids is 1. The molecule has 0 spiro atoms. The molecule has 0 atom stereocenters. The van der Waals surface area contributed by atoms with Crippen LogP contribution >= 0.6 is 0 Å². The number of halogens is 2. The lowest BCUT2D eigenvalue weighted by molar-refractivity contribution is 0.0698. The van der Waals surface area contributed by atoms with E-state index in [-0.39, 0.29) is 16.8 Å². The maximum absolute atomic E-state index is 14.1. The fourth-order valence-corrected chi connectivity index (χ4v) is 4.25. The molecule has 0 saturated heterocycles. The zero-order valence-corrected chi connectivity index (χ0v) is 19.5. The summed E-state index contributed by atoms with van der Waals surface area (Å²) in [6.07, 6.45) is -1.24. The molecule has 0 radical (unpaired) electrons. The van der Waals surface area contributed by atoms with Gasteiger partial charge in [0.15, 0.2) is 0 Å². The zero-order valence-electron chi connectivity index (χ0n) is 19.5. The van der Waals surface area contributed by atoms with Gasteiger partial charge in [0.2, 0.25) is 0 Å². The molecule has 0 amide bonds. The number of hydrogen-bond donors (Lipinski definition) is 2. The predicted octanol–water partition coefficient (Wildman–Crippen LogP) is 6.21. The number of carbonyl (C=O) groups is 1. The largest absolute Gasteiger partial charge is 0.478 e. The molecule has 0 fully saturated rings. The summed E-state index contributed by atoms with van der Waals surface area (Å²) in [6, 6.07) is 15.1. The van der Waals surface area contributed by atoms with Crippen molar-refractivity contribution >= 4 is 39.3 Å². The maximum atomic E-state index is 14.1. The summed E-state index contributed by atoms with van der Waals surface area (Å²) in [5, 5.41) is 17.4. The number of nitrogens with one attached hydrogen (secondary N) is 1. The van der Waals surface area contributed by atoms with Crippen molar-refractivity contribution in [2.24, 2.45) is 7.05 Å². The second kappa shape index (κ2) is 8.84. The molecule has 0 unspecified atom stereocenters. The quantitative estimate of drug-likeness (QED) is 0.297. The number of aryl methyl sites for hydroxylation is 2. The molecule has 0 bridgehead atoms. The first-order chi connectivity index (χ1) is 17.2. The van der Waals surface area contributed by atoms with Crippen molar-refractivity contribution in [1.29, 1.82) is 0 Å². The van der Waals surface area contributed by atoms with Crippen LogP contribution in [0.2, 0.25) is 0 Å². The highest BCUT2D eigenvalue weighted by Gasteiger charge is 2.21. The molecule has 0 saturated carbocycles. The molecule has 3 aromatic heterocycles. The molecule has 0 aliphatic carbocycles. The highest BCUT2D eigenvalue weighted by Crippen LogP contribution is 2.36. The number of benzene rings is 2. The number of fused-ring (bicyclic) bond motifs is 2. The minimum Gasteiger partial charge on any atom is -0.478 e. The van der Waals surface area contributed by atoms with Crippen LogP contribution in [0.15, 0.2) is 67.4 Å². The second-order valence-electron chi connectivity index (χ2n) is 8.42. The standard InChI is InChI=1S/C27H21F2N5O2/c1-14-10-17(15(2)31-20-7-5-4-6-16(20)27(35)36)18-12-19(25(26(28)29)33-22(18)11-14)21-8-9-24-23(32-21)13-30-34(24)3/h4-13,26,31H,2H2,1,3H3,(H,35,36). The number of para-hydroxylation sites is 1. The lowest BCUT2D eigenvalue weighted by atomic mass is 9.98. The van der Waals surface area contributed by atoms with Crippen molar-refractivity contribution in [2.45, 2.75) is 13.3 Å². The van der Waals surface area contributed by atoms with Crippen LogP contribution < -0.4 is 5.32 Å². The Hall–Kier alpha value is -4.66. The van der Waals surface area contributed by atoms with Gasteiger partial charge in [-0.25, -0.2) is 23.5 Å². The molecule has 9 heteroatoms. The third-order valence-electron chi connectivity index (χ3n) is 5.96. The van der Waals surface area contributed by atoms with Gasteiger partial charge in [-0.3, -0.25) is 4.68 Å². The van der Waals surface area contributed by atoms with Crippen molar-refractivity contribution in [3.05, 3.63) is 89.8 Å². The van der Waals surface area contributed by atoms with Crippen LogP contribution in [0.4, 0.5) is 14.5 Å². The molecule has 0 aliphatic heterocycles. The SMILES string of the molecule is C=C(Nc1ccccc1C(=O)O)c1cc(C)cc2nc(C(F)F)c(-c3ccc4c(cnn4C)n3)cc12.